The molecule has 2 nitrogen and oxygen atoms in total. The first kappa shape index (κ1) is 18.1. The summed E-state index contributed by atoms with van der Waals surface area (Å²) in [7, 11) is 0. The molecular weight excluding hydrogens is 318 g/mol. The number of aryl methyl sites for hydroxylation is 3. The highest BCUT2D eigenvalue weighted by molar-refractivity contribution is 5.58. The van der Waals surface area contributed by atoms with Crippen molar-refractivity contribution in [3.63, 3.8) is 0 Å². The van der Waals surface area contributed by atoms with Crippen molar-refractivity contribution in [1.82, 2.24) is 0 Å². The molecule has 26 heavy (non-hydrogen) atoms. The molecule has 0 aliphatic rings. The maximum absolute atomic E-state index is 5.86. The molecule has 0 spiro atoms. The fourth-order valence-electron chi connectivity index (χ4n) is 3.28. The van der Waals surface area contributed by atoms with E-state index in [1.54, 1.807) is 0 Å². The van der Waals surface area contributed by atoms with Gasteiger partial charge in [0, 0.05) is 18.7 Å². The lowest BCUT2D eigenvalue weighted by molar-refractivity contribution is 0.322. The molecule has 3 aromatic carbocycles. The Balaban J connectivity index is 1.52. The van der Waals surface area contributed by atoms with Crippen LogP contribution in [0.15, 0.2) is 66.7 Å². The Hall–Kier alpha value is -2.74. The molecule has 0 heterocycles. The fourth-order valence-corrected chi connectivity index (χ4v) is 3.28. The fraction of sp³-hybridized carbons (Fsp3) is 0.250. The first-order valence-corrected chi connectivity index (χ1v) is 9.19. The molecule has 0 radical (unpaired) electrons. The molecule has 3 rings (SSSR count). The molecule has 0 fully saturated rings. The predicted molar refractivity (Wildman–Crippen MR) is 110 cm³/mol. The molecule has 2 heteroatoms. The normalized spacial score (nSPS) is 10.6. The van der Waals surface area contributed by atoms with Gasteiger partial charge in [-0.2, -0.15) is 0 Å². The van der Waals surface area contributed by atoms with Crippen LogP contribution in [-0.2, 0) is 13.0 Å². The van der Waals surface area contributed by atoms with E-state index in [9.17, 15) is 0 Å². The van der Waals surface area contributed by atoms with Crippen molar-refractivity contribution < 1.29 is 4.74 Å². The minimum absolute atomic E-state index is 0.698. The Kier molecular flexibility index (Phi) is 5.96. The van der Waals surface area contributed by atoms with Gasteiger partial charge in [-0.1, -0.05) is 60.2 Å². The van der Waals surface area contributed by atoms with Gasteiger partial charge in [-0.3, -0.25) is 0 Å². The molecule has 0 aliphatic heterocycles. The standard InChI is InChI=1S/C24H27NO/c1-18-15-19(2)24(20(3)16-18)25-17-22-9-11-23(12-10-22)26-14-13-21-7-5-4-6-8-21/h4-12,15-16,25H,13-14,17H2,1-3H3. The van der Waals surface area contributed by atoms with Crippen LogP contribution in [0.2, 0.25) is 0 Å². The lowest BCUT2D eigenvalue weighted by atomic mass is 10.0. The van der Waals surface area contributed by atoms with E-state index in [1.165, 1.54) is 33.5 Å². The van der Waals surface area contributed by atoms with Crippen LogP contribution in [0.1, 0.15) is 27.8 Å². The van der Waals surface area contributed by atoms with Crippen molar-refractivity contribution in [2.45, 2.75) is 33.7 Å². The van der Waals surface area contributed by atoms with Gasteiger partial charge in [0.2, 0.25) is 0 Å². The van der Waals surface area contributed by atoms with Crippen LogP contribution in [0.4, 0.5) is 5.69 Å². The molecule has 0 saturated carbocycles. The van der Waals surface area contributed by atoms with Crippen LogP contribution < -0.4 is 10.1 Å². The average Bonchev–Trinajstić information content (AvgIpc) is 2.63. The number of hydrogen-bond donors (Lipinski definition) is 1. The number of ether oxygens (including phenoxy) is 1. The molecule has 0 aliphatic carbocycles. The van der Waals surface area contributed by atoms with Gasteiger partial charge in [0.25, 0.3) is 0 Å². The van der Waals surface area contributed by atoms with E-state index in [1.807, 2.05) is 6.07 Å². The van der Waals surface area contributed by atoms with E-state index < -0.39 is 0 Å². The molecule has 0 bridgehead atoms. The second-order valence-corrected chi connectivity index (χ2v) is 6.86. The molecule has 0 saturated heterocycles. The van der Waals surface area contributed by atoms with Crippen molar-refractivity contribution in [1.29, 1.82) is 0 Å². The number of nitrogens with one attached hydrogen (secondary N) is 1. The third-order valence-electron chi connectivity index (χ3n) is 4.57. The highest BCUT2D eigenvalue weighted by Gasteiger charge is 2.04. The number of anilines is 1. The van der Waals surface area contributed by atoms with Gasteiger partial charge in [-0.15, -0.1) is 0 Å². The topological polar surface area (TPSA) is 21.3 Å². The van der Waals surface area contributed by atoms with E-state index in [0.717, 1.165) is 18.7 Å². The molecule has 1 N–H and O–H groups in total. The van der Waals surface area contributed by atoms with E-state index in [0.29, 0.717) is 6.61 Å². The maximum atomic E-state index is 5.86. The molecule has 3 aromatic rings. The van der Waals surface area contributed by atoms with E-state index in [2.05, 4.69) is 86.8 Å². The van der Waals surface area contributed by atoms with Crippen molar-refractivity contribution in [3.05, 3.63) is 94.5 Å². The van der Waals surface area contributed by atoms with E-state index in [4.69, 9.17) is 4.74 Å². The van der Waals surface area contributed by atoms with Crippen molar-refractivity contribution in [2.75, 3.05) is 11.9 Å². The third-order valence-corrected chi connectivity index (χ3v) is 4.57. The van der Waals surface area contributed by atoms with Crippen molar-refractivity contribution in [3.8, 4) is 5.75 Å². The monoisotopic (exact) mass is 345 g/mol. The van der Waals surface area contributed by atoms with E-state index >= 15 is 0 Å². The Bertz CT molecular complexity index is 815. The highest BCUT2D eigenvalue weighted by Crippen LogP contribution is 2.23. The van der Waals surface area contributed by atoms with Gasteiger partial charge in [-0.25, -0.2) is 0 Å². The summed E-state index contributed by atoms with van der Waals surface area (Å²) in [4.78, 5) is 0. The minimum Gasteiger partial charge on any atom is -0.493 e. The average molecular weight is 345 g/mol. The lowest BCUT2D eigenvalue weighted by Crippen LogP contribution is -2.04. The van der Waals surface area contributed by atoms with Gasteiger partial charge in [0.1, 0.15) is 5.75 Å². The summed E-state index contributed by atoms with van der Waals surface area (Å²) in [5, 5.41) is 3.57. The second kappa shape index (κ2) is 8.57. The van der Waals surface area contributed by atoms with Gasteiger partial charge in [0.15, 0.2) is 0 Å². The Morgan fingerprint density at radius 1 is 0.769 bits per heavy atom. The van der Waals surface area contributed by atoms with E-state index in [-0.39, 0.29) is 0 Å². The van der Waals surface area contributed by atoms with Gasteiger partial charge in [0.05, 0.1) is 6.61 Å². The van der Waals surface area contributed by atoms with Crippen LogP contribution in [0, 0.1) is 20.8 Å². The zero-order valence-electron chi connectivity index (χ0n) is 15.9. The molecule has 0 unspecified atom stereocenters. The van der Waals surface area contributed by atoms with Crippen LogP contribution in [0.25, 0.3) is 0 Å². The molecule has 134 valence electrons. The zero-order valence-corrected chi connectivity index (χ0v) is 15.9. The minimum atomic E-state index is 0.698. The van der Waals surface area contributed by atoms with Crippen LogP contribution >= 0.6 is 0 Å². The number of rotatable bonds is 7. The second-order valence-electron chi connectivity index (χ2n) is 6.86. The first-order valence-electron chi connectivity index (χ1n) is 9.19. The van der Waals surface area contributed by atoms with Crippen LogP contribution in [0.3, 0.4) is 0 Å². The summed E-state index contributed by atoms with van der Waals surface area (Å²) in [5.41, 5.74) is 7.69. The van der Waals surface area contributed by atoms with Crippen molar-refractivity contribution >= 4 is 5.69 Å². The molecule has 0 aromatic heterocycles. The summed E-state index contributed by atoms with van der Waals surface area (Å²) >= 11 is 0. The Labute approximate surface area is 156 Å². The lowest BCUT2D eigenvalue weighted by Gasteiger charge is -2.14. The Morgan fingerprint density at radius 3 is 2.08 bits per heavy atom. The quantitative estimate of drug-likeness (QED) is 0.580. The summed E-state index contributed by atoms with van der Waals surface area (Å²) in [6.45, 7) is 7.97. The van der Waals surface area contributed by atoms with Crippen LogP contribution in [-0.4, -0.2) is 6.61 Å². The van der Waals surface area contributed by atoms with Crippen LogP contribution in [0.5, 0.6) is 5.75 Å². The molecular formula is C24H27NO. The smallest absolute Gasteiger partial charge is 0.119 e. The SMILES string of the molecule is Cc1cc(C)c(NCc2ccc(OCCc3ccccc3)cc2)c(C)c1. The summed E-state index contributed by atoms with van der Waals surface area (Å²) in [5.74, 6) is 0.923. The highest BCUT2D eigenvalue weighted by atomic mass is 16.5. The number of benzene rings is 3. The summed E-state index contributed by atoms with van der Waals surface area (Å²) in [6, 6.07) is 23.2. The largest absolute Gasteiger partial charge is 0.493 e. The number of hydrogen-bond acceptors (Lipinski definition) is 2. The third kappa shape index (κ3) is 4.89. The maximum Gasteiger partial charge on any atom is 0.119 e. The van der Waals surface area contributed by atoms with Gasteiger partial charge >= 0.3 is 0 Å². The zero-order chi connectivity index (χ0) is 18.4. The molecule has 0 amide bonds. The summed E-state index contributed by atoms with van der Waals surface area (Å²) in [6.07, 6.45) is 0.927. The predicted octanol–water partition coefficient (Wildman–Crippen LogP) is 5.85. The first-order chi connectivity index (χ1) is 12.6. The van der Waals surface area contributed by atoms with Gasteiger partial charge < -0.3 is 10.1 Å². The molecule has 0 atom stereocenters. The Morgan fingerprint density at radius 2 is 1.42 bits per heavy atom. The van der Waals surface area contributed by atoms with Crippen molar-refractivity contribution in [2.24, 2.45) is 0 Å². The summed E-state index contributed by atoms with van der Waals surface area (Å²) < 4.78 is 5.86. The van der Waals surface area contributed by atoms with Gasteiger partial charge in [-0.05, 0) is 55.2 Å².